The van der Waals surface area contributed by atoms with Crippen LogP contribution in [-0.4, -0.2) is 49.3 Å². The maximum atomic E-state index is 12.8. The third kappa shape index (κ3) is 69.3. The quantitative estimate of drug-likeness (QED) is 0.0264. The van der Waals surface area contributed by atoms with Gasteiger partial charge in [0.25, 0.3) is 0 Å². The highest BCUT2D eigenvalue weighted by atomic mass is 31.2. The van der Waals surface area contributed by atoms with E-state index in [2.05, 4.69) is 50.3 Å². The van der Waals surface area contributed by atoms with Gasteiger partial charge in [-0.1, -0.05) is 365 Å². The number of phosphoric ester groups is 1. The Morgan fingerprint density at radius 2 is 0.619 bits per heavy atom. The van der Waals surface area contributed by atoms with Crippen molar-refractivity contribution >= 4 is 19.8 Å². The molecular weight excluding hydrogens is 1060 g/mol. The van der Waals surface area contributed by atoms with Crippen LogP contribution in [-0.2, 0) is 32.7 Å². The van der Waals surface area contributed by atoms with Crippen LogP contribution in [0.4, 0.5) is 0 Å². The standard InChI is InChI=1S/C74H142NO8P/c1-3-5-7-9-11-13-15-17-19-21-23-25-27-29-30-31-32-33-34-35-36-37-38-39-40-41-42-43-45-47-49-51-53-55-57-59-61-63-65-67-74(77)83-72(71-82-84(78,79)81-69-68-75)70-80-73(76)66-64-62-60-58-56-54-52-50-48-46-44-28-26-24-22-20-18-16-14-12-10-8-6-4-2/h15,17,21,23,27,29,72H,3-14,16,18-20,22,24-26,28,30-71,75H2,1-2H3,(H,78,79)/b17-15-,23-21-,29-27-. The summed E-state index contributed by atoms with van der Waals surface area (Å²) in [6.07, 6.45) is 88.4. The molecule has 496 valence electrons. The van der Waals surface area contributed by atoms with Gasteiger partial charge in [0.15, 0.2) is 6.10 Å². The van der Waals surface area contributed by atoms with Crippen LogP contribution in [0.2, 0.25) is 0 Å². The Morgan fingerprint density at radius 1 is 0.357 bits per heavy atom. The Kier molecular flexibility index (Phi) is 68.8. The molecule has 2 atom stereocenters. The van der Waals surface area contributed by atoms with Gasteiger partial charge in [-0.15, -0.1) is 0 Å². The number of hydrogen-bond donors (Lipinski definition) is 2. The smallest absolute Gasteiger partial charge is 0.462 e. The van der Waals surface area contributed by atoms with Crippen LogP contribution in [0.15, 0.2) is 36.5 Å². The average molecular weight is 1200 g/mol. The highest BCUT2D eigenvalue weighted by Gasteiger charge is 2.26. The van der Waals surface area contributed by atoms with Gasteiger partial charge in [-0.3, -0.25) is 18.6 Å². The van der Waals surface area contributed by atoms with Crippen molar-refractivity contribution < 1.29 is 37.6 Å². The predicted octanol–water partition coefficient (Wildman–Crippen LogP) is 24.3. The minimum Gasteiger partial charge on any atom is -0.462 e. The summed E-state index contributed by atoms with van der Waals surface area (Å²) in [7, 11) is -4.39. The molecule has 0 spiro atoms. The lowest BCUT2D eigenvalue weighted by Crippen LogP contribution is -2.29. The van der Waals surface area contributed by atoms with E-state index in [0.717, 1.165) is 44.9 Å². The van der Waals surface area contributed by atoms with Gasteiger partial charge >= 0.3 is 19.8 Å². The van der Waals surface area contributed by atoms with Crippen molar-refractivity contribution in [1.29, 1.82) is 0 Å². The molecule has 0 aliphatic heterocycles. The second-order valence-corrected chi connectivity index (χ2v) is 26.6. The van der Waals surface area contributed by atoms with E-state index >= 15 is 0 Å². The van der Waals surface area contributed by atoms with Crippen molar-refractivity contribution in [3.8, 4) is 0 Å². The molecule has 84 heavy (non-hydrogen) atoms. The topological polar surface area (TPSA) is 134 Å². The molecular formula is C74H142NO8P. The summed E-state index contributed by atoms with van der Waals surface area (Å²) in [6.45, 7) is 3.81. The molecule has 0 saturated carbocycles. The number of hydrogen-bond acceptors (Lipinski definition) is 8. The van der Waals surface area contributed by atoms with Gasteiger partial charge in [0.1, 0.15) is 6.61 Å². The van der Waals surface area contributed by atoms with Gasteiger partial charge in [-0.05, 0) is 51.4 Å². The second-order valence-electron chi connectivity index (χ2n) is 25.2. The molecule has 0 aromatic rings. The molecule has 0 fully saturated rings. The summed E-state index contributed by atoms with van der Waals surface area (Å²) in [5, 5.41) is 0. The molecule has 0 saturated heterocycles. The number of nitrogens with two attached hydrogens (primary N) is 1. The normalized spacial score (nSPS) is 13.0. The lowest BCUT2D eigenvalue weighted by atomic mass is 10.0. The van der Waals surface area contributed by atoms with E-state index in [9.17, 15) is 19.0 Å². The largest absolute Gasteiger partial charge is 0.472 e. The number of carbonyl (C=O) groups excluding carboxylic acids is 2. The zero-order valence-electron chi connectivity index (χ0n) is 55.9. The summed E-state index contributed by atoms with van der Waals surface area (Å²) < 4.78 is 33.2. The molecule has 0 amide bonds. The average Bonchev–Trinajstić information content (AvgIpc) is 3.58. The number of phosphoric acid groups is 1. The van der Waals surface area contributed by atoms with E-state index in [4.69, 9.17) is 24.3 Å². The number of carbonyl (C=O) groups is 2. The lowest BCUT2D eigenvalue weighted by molar-refractivity contribution is -0.161. The monoisotopic (exact) mass is 1200 g/mol. The molecule has 0 heterocycles. The zero-order chi connectivity index (χ0) is 60.9. The first kappa shape index (κ1) is 82.2. The Bertz CT molecular complexity index is 1470. The first-order chi connectivity index (χ1) is 41.3. The molecule has 0 rings (SSSR count). The van der Waals surface area contributed by atoms with E-state index in [1.807, 2.05) is 0 Å². The number of esters is 2. The maximum Gasteiger partial charge on any atom is 0.472 e. The number of rotatable bonds is 71. The van der Waals surface area contributed by atoms with Crippen LogP contribution in [0.1, 0.15) is 393 Å². The molecule has 9 nitrogen and oxygen atoms in total. The van der Waals surface area contributed by atoms with Crippen molar-refractivity contribution in [2.75, 3.05) is 26.4 Å². The minimum absolute atomic E-state index is 0.0569. The molecule has 0 bridgehead atoms. The summed E-state index contributed by atoms with van der Waals surface area (Å²) in [6, 6.07) is 0. The van der Waals surface area contributed by atoms with E-state index in [1.165, 1.54) is 315 Å². The molecule has 3 N–H and O–H groups in total. The first-order valence-corrected chi connectivity index (χ1v) is 38.5. The van der Waals surface area contributed by atoms with Crippen molar-refractivity contribution in [3.05, 3.63) is 36.5 Å². The Balaban J connectivity index is 3.76. The zero-order valence-corrected chi connectivity index (χ0v) is 56.8. The molecule has 10 heteroatoms. The third-order valence-electron chi connectivity index (χ3n) is 16.8. The molecule has 2 unspecified atom stereocenters. The van der Waals surface area contributed by atoms with Crippen LogP contribution >= 0.6 is 7.82 Å². The molecule has 0 aromatic heterocycles. The number of unbranched alkanes of at least 4 members (excludes halogenated alkanes) is 52. The van der Waals surface area contributed by atoms with E-state index in [0.29, 0.717) is 6.42 Å². The van der Waals surface area contributed by atoms with Crippen molar-refractivity contribution in [3.63, 3.8) is 0 Å². The second kappa shape index (κ2) is 70.3. The van der Waals surface area contributed by atoms with E-state index < -0.39 is 26.5 Å². The molecule has 0 aliphatic carbocycles. The first-order valence-electron chi connectivity index (χ1n) is 37.0. The summed E-state index contributed by atoms with van der Waals surface area (Å²) in [4.78, 5) is 35.4. The summed E-state index contributed by atoms with van der Waals surface area (Å²) in [5.74, 6) is -0.801. The Morgan fingerprint density at radius 3 is 0.917 bits per heavy atom. The molecule has 0 radical (unpaired) electrons. The van der Waals surface area contributed by atoms with Crippen molar-refractivity contribution in [2.45, 2.75) is 399 Å². The van der Waals surface area contributed by atoms with Crippen LogP contribution in [0.25, 0.3) is 0 Å². The highest BCUT2D eigenvalue weighted by molar-refractivity contribution is 7.47. The van der Waals surface area contributed by atoms with Gasteiger partial charge in [0.05, 0.1) is 13.2 Å². The molecule has 0 aliphatic rings. The fourth-order valence-electron chi connectivity index (χ4n) is 11.3. The maximum absolute atomic E-state index is 12.8. The van der Waals surface area contributed by atoms with Gasteiger partial charge < -0.3 is 20.1 Å². The van der Waals surface area contributed by atoms with E-state index in [-0.39, 0.29) is 38.6 Å². The SMILES string of the molecule is CCCCCCC/C=C\C/C=C\C/C=C\CCCCCCCCCCCCCCCCCCCCCCCCCCC(=O)OC(COC(=O)CCCCCCCCCCCCCCCCCCCCCCCCCC)COP(=O)(O)OCCN. The van der Waals surface area contributed by atoms with Crippen LogP contribution in [0.3, 0.4) is 0 Å². The highest BCUT2D eigenvalue weighted by Crippen LogP contribution is 2.43. The van der Waals surface area contributed by atoms with Crippen LogP contribution in [0, 0.1) is 0 Å². The predicted molar refractivity (Wildman–Crippen MR) is 363 cm³/mol. The number of ether oxygens (including phenoxy) is 2. The lowest BCUT2D eigenvalue weighted by Gasteiger charge is -2.19. The van der Waals surface area contributed by atoms with Crippen molar-refractivity contribution in [2.24, 2.45) is 5.73 Å². The Labute approximate surface area is 522 Å². The Hall–Kier alpha value is -1.77. The fourth-order valence-corrected chi connectivity index (χ4v) is 12.1. The van der Waals surface area contributed by atoms with Crippen LogP contribution < -0.4 is 5.73 Å². The summed E-state index contributed by atoms with van der Waals surface area (Å²) in [5.41, 5.74) is 5.41. The van der Waals surface area contributed by atoms with Gasteiger partial charge in [0, 0.05) is 19.4 Å². The molecule has 0 aromatic carbocycles. The van der Waals surface area contributed by atoms with Gasteiger partial charge in [-0.2, -0.15) is 0 Å². The van der Waals surface area contributed by atoms with E-state index in [1.54, 1.807) is 0 Å². The number of allylic oxidation sites excluding steroid dienone is 6. The van der Waals surface area contributed by atoms with Gasteiger partial charge in [-0.25, -0.2) is 4.57 Å². The third-order valence-corrected chi connectivity index (χ3v) is 17.8. The fraction of sp³-hybridized carbons (Fsp3) is 0.892. The van der Waals surface area contributed by atoms with Gasteiger partial charge in [0.2, 0.25) is 0 Å². The summed E-state index contributed by atoms with van der Waals surface area (Å²) >= 11 is 0. The minimum atomic E-state index is -4.39. The van der Waals surface area contributed by atoms with Crippen molar-refractivity contribution in [1.82, 2.24) is 0 Å². The van der Waals surface area contributed by atoms with Crippen LogP contribution in [0.5, 0.6) is 0 Å².